The van der Waals surface area contributed by atoms with E-state index in [0.29, 0.717) is 30.5 Å². The molecule has 5 heteroatoms. The first kappa shape index (κ1) is 15.5. The molecule has 0 radical (unpaired) electrons. The maximum Gasteiger partial charge on any atom is 0.309 e. The topological polar surface area (TPSA) is 58.2 Å². The van der Waals surface area contributed by atoms with Gasteiger partial charge in [-0.3, -0.25) is 9.59 Å². The number of halogens is 1. The van der Waals surface area contributed by atoms with Crippen LogP contribution in [-0.4, -0.2) is 24.9 Å². The van der Waals surface area contributed by atoms with Crippen molar-refractivity contribution in [3.63, 3.8) is 0 Å². The van der Waals surface area contributed by atoms with Crippen LogP contribution in [0.4, 0.5) is 0 Å². The van der Waals surface area contributed by atoms with Crippen LogP contribution < -0.4 is 10.6 Å². The summed E-state index contributed by atoms with van der Waals surface area (Å²) in [4.78, 5) is 22.9. The van der Waals surface area contributed by atoms with E-state index in [2.05, 4.69) is 10.6 Å². The molecule has 0 saturated carbocycles. The van der Waals surface area contributed by atoms with E-state index in [1.165, 1.54) is 0 Å². The summed E-state index contributed by atoms with van der Waals surface area (Å²) in [6.45, 7) is 4.85. The fraction of sp³-hybridized carbons (Fsp3) is 0.429. The van der Waals surface area contributed by atoms with Gasteiger partial charge in [0.1, 0.15) is 0 Å². The van der Waals surface area contributed by atoms with E-state index in [9.17, 15) is 9.59 Å². The maximum absolute atomic E-state index is 11.5. The van der Waals surface area contributed by atoms with Crippen molar-refractivity contribution in [1.82, 2.24) is 10.6 Å². The van der Waals surface area contributed by atoms with Crippen molar-refractivity contribution in [2.75, 3.05) is 13.1 Å². The van der Waals surface area contributed by atoms with Gasteiger partial charge in [0.25, 0.3) is 0 Å². The normalized spacial score (nSPS) is 10.3. The van der Waals surface area contributed by atoms with Crippen LogP contribution in [0.5, 0.6) is 0 Å². The molecule has 0 aliphatic carbocycles. The van der Waals surface area contributed by atoms with E-state index in [-0.39, 0.29) is 0 Å². The van der Waals surface area contributed by atoms with Crippen molar-refractivity contribution < 1.29 is 9.59 Å². The van der Waals surface area contributed by atoms with Crippen molar-refractivity contribution in [3.05, 3.63) is 34.9 Å². The maximum atomic E-state index is 11.5. The molecule has 1 rings (SSSR count). The van der Waals surface area contributed by atoms with E-state index in [4.69, 9.17) is 11.6 Å². The van der Waals surface area contributed by atoms with Gasteiger partial charge in [-0.25, -0.2) is 0 Å². The molecule has 0 aromatic heterocycles. The number of nitrogens with one attached hydrogen (secondary N) is 2. The Kier molecular flexibility index (Phi) is 6.36. The van der Waals surface area contributed by atoms with E-state index in [1.54, 1.807) is 6.07 Å². The molecular formula is C14H19ClN2O2. The number of carbonyl (C=O) groups excluding carboxylic acids is 2. The molecule has 0 unspecified atom stereocenters. The number of benzene rings is 1. The third-order valence-electron chi connectivity index (χ3n) is 2.47. The summed E-state index contributed by atoms with van der Waals surface area (Å²) >= 11 is 5.86. The number of hydrogen-bond donors (Lipinski definition) is 2. The summed E-state index contributed by atoms with van der Waals surface area (Å²) in [6, 6.07) is 7.42. The summed E-state index contributed by atoms with van der Waals surface area (Å²) < 4.78 is 0. The lowest BCUT2D eigenvalue weighted by atomic mass is 10.1. The highest BCUT2D eigenvalue weighted by atomic mass is 35.5. The van der Waals surface area contributed by atoms with Crippen molar-refractivity contribution in [1.29, 1.82) is 0 Å². The smallest absolute Gasteiger partial charge is 0.309 e. The van der Waals surface area contributed by atoms with Crippen LogP contribution in [0.25, 0.3) is 0 Å². The summed E-state index contributed by atoms with van der Waals surface area (Å²) in [5, 5.41) is 5.81. The third-order valence-corrected chi connectivity index (χ3v) is 2.70. The minimum atomic E-state index is -0.595. The van der Waals surface area contributed by atoms with Gasteiger partial charge < -0.3 is 10.6 Å². The largest absolute Gasteiger partial charge is 0.348 e. The highest BCUT2D eigenvalue weighted by molar-refractivity contribution is 6.35. The molecule has 104 valence electrons. The van der Waals surface area contributed by atoms with Crippen LogP contribution in [0.1, 0.15) is 19.4 Å². The Balaban J connectivity index is 2.29. The number of amides is 2. The standard InChI is InChI=1S/C14H19ClN2O2/c1-10(2)9-17-14(19)13(18)16-7-6-11-4-3-5-12(15)8-11/h3-5,8,10H,6-7,9H2,1-2H3,(H,16,18)(H,17,19). The first-order valence-electron chi connectivity index (χ1n) is 6.29. The minimum absolute atomic E-state index is 0.322. The van der Waals surface area contributed by atoms with Gasteiger partial charge in [0, 0.05) is 18.1 Å². The quantitative estimate of drug-likeness (QED) is 0.809. The van der Waals surface area contributed by atoms with E-state index >= 15 is 0 Å². The van der Waals surface area contributed by atoms with Gasteiger partial charge in [-0.2, -0.15) is 0 Å². The Hall–Kier alpha value is -1.55. The lowest BCUT2D eigenvalue weighted by Crippen LogP contribution is -2.41. The Morgan fingerprint density at radius 2 is 1.89 bits per heavy atom. The summed E-state index contributed by atoms with van der Waals surface area (Å²) in [6.07, 6.45) is 0.643. The fourth-order valence-electron chi connectivity index (χ4n) is 1.47. The van der Waals surface area contributed by atoms with Crippen molar-refractivity contribution >= 4 is 23.4 Å². The molecule has 4 nitrogen and oxygen atoms in total. The molecule has 0 aliphatic heterocycles. The predicted molar refractivity (Wildman–Crippen MR) is 76.0 cm³/mol. The van der Waals surface area contributed by atoms with Gasteiger partial charge in [0.05, 0.1) is 0 Å². The first-order valence-corrected chi connectivity index (χ1v) is 6.67. The fourth-order valence-corrected chi connectivity index (χ4v) is 1.68. The van der Waals surface area contributed by atoms with Gasteiger partial charge in [-0.1, -0.05) is 37.6 Å². The van der Waals surface area contributed by atoms with Crippen LogP contribution in [-0.2, 0) is 16.0 Å². The minimum Gasteiger partial charge on any atom is -0.348 e. The second kappa shape index (κ2) is 7.79. The molecule has 0 atom stereocenters. The number of rotatable bonds is 5. The molecule has 0 spiro atoms. The molecule has 19 heavy (non-hydrogen) atoms. The highest BCUT2D eigenvalue weighted by Gasteiger charge is 2.12. The molecule has 0 aliphatic rings. The zero-order chi connectivity index (χ0) is 14.3. The molecule has 2 amide bonds. The van der Waals surface area contributed by atoms with E-state index < -0.39 is 11.8 Å². The SMILES string of the molecule is CC(C)CNC(=O)C(=O)NCCc1cccc(Cl)c1. The molecule has 1 aromatic rings. The van der Waals surface area contributed by atoms with Crippen LogP contribution in [0.2, 0.25) is 5.02 Å². The highest BCUT2D eigenvalue weighted by Crippen LogP contribution is 2.10. The predicted octanol–water partition coefficient (Wildman–Crippen LogP) is 1.77. The van der Waals surface area contributed by atoms with Crippen molar-refractivity contribution in [3.8, 4) is 0 Å². The molecular weight excluding hydrogens is 264 g/mol. The average Bonchev–Trinajstić information content (AvgIpc) is 2.35. The summed E-state index contributed by atoms with van der Waals surface area (Å²) in [7, 11) is 0. The lowest BCUT2D eigenvalue weighted by molar-refractivity contribution is -0.139. The lowest BCUT2D eigenvalue weighted by Gasteiger charge is -2.08. The monoisotopic (exact) mass is 282 g/mol. The number of hydrogen-bond acceptors (Lipinski definition) is 2. The van der Waals surface area contributed by atoms with E-state index in [0.717, 1.165) is 5.56 Å². The van der Waals surface area contributed by atoms with Crippen LogP contribution in [0.3, 0.4) is 0 Å². The molecule has 0 bridgehead atoms. The molecule has 0 heterocycles. The molecule has 0 fully saturated rings. The van der Waals surface area contributed by atoms with Crippen LogP contribution in [0, 0.1) is 5.92 Å². The van der Waals surface area contributed by atoms with Gasteiger partial charge in [0.15, 0.2) is 0 Å². The van der Waals surface area contributed by atoms with Crippen molar-refractivity contribution in [2.24, 2.45) is 5.92 Å². The van der Waals surface area contributed by atoms with Gasteiger partial charge in [0.2, 0.25) is 0 Å². The van der Waals surface area contributed by atoms with Gasteiger partial charge in [-0.05, 0) is 30.0 Å². The summed E-state index contributed by atoms with van der Waals surface area (Å²) in [5.74, 6) is -0.856. The third kappa shape index (κ3) is 6.25. The van der Waals surface area contributed by atoms with Gasteiger partial charge in [-0.15, -0.1) is 0 Å². The van der Waals surface area contributed by atoms with Gasteiger partial charge >= 0.3 is 11.8 Å². The second-order valence-corrected chi connectivity index (χ2v) is 5.18. The van der Waals surface area contributed by atoms with Crippen LogP contribution >= 0.6 is 11.6 Å². The Morgan fingerprint density at radius 1 is 1.21 bits per heavy atom. The Bertz CT molecular complexity index is 447. The zero-order valence-electron chi connectivity index (χ0n) is 11.2. The molecule has 2 N–H and O–H groups in total. The Labute approximate surface area is 118 Å². The Morgan fingerprint density at radius 3 is 2.53 bits per heavy atom. The van der Waals surface area contributed by atoms with Crippen LogP contribution in [0.15, 0.2) is 24.3 Å². The average molecular weight is 283 g/mol. The van der Waals surface area contributed by atoms with E-state index in [1.807, 2.05) is 32.0 Å². The second-order valence-electron chi connectivity index (χ2n) is 4.74. The molecule has 1 aromatic carbocycles. The zero-order valence-corrected chi connectivity index (χ0v) is 12.0. The molecule has 0 saturated heterocycles. The summed E-state index contributed by atoms with van der Waals surface area (Å²) in [5.41, 5.74) is 1.02. The number of carbonyl (C=O) groups is 2. The van der Waals surface area contributed by atoms with Crippen molar-refractivity contribution in [2.45, 2.75) is 20.3 Å². The first-order chi connectivity index (χ1) is 8.99.